The van der Waals surface area contributed by atoms with Crippen LogP contribution in [0, 0.1) is 5.82 Å². The lowest BCUT2D eigenvalue weighted by Gasteiger charge is -2.18. The highest BCUT2D eigenvalue weighted by Crippen LogP contribution is 2.16. The Hall–Kier alpha value is -0.450. The van der Waals surface area contributed by atoms with E-state index in [1.165, 1.54) is 6.07 Å². The molecule has 0 radical (unpaired) electrons. The van der Waals surface area contributed by atoms with Crippen LogP contribution in [-0.2, 0) is 11.3 Å². The molecule has 96 valence electrons. The molecule has 0 aromatic heterocycles. The molecule has 0 unspecified atom stereocenters. The highest BCUT2D eigenvalue weighted by atomic mass is 79.9. The minimum atomic E-state index is -0.170. The van der Waals surface area contributed by atoms with Gasteiger partial charge < -0.3 is 4.74 Å². The van der Waals surface area contributed by atoms with Crippen LogP contribution in [0.3, 0.4) is 0 Å². The summed E-state index contributed by atoms with van der Waals surface area (Å²) in [4.78, 5) is 2.05. The topological polar surface area (TPSA) is 12.5 Å². The molecule has 0 amide bonds. The highest BCUT2D eigenvalue weighted by molar-refractivity contribution is 9.10. The van der Waals surface area contributed by atoms with E-state index >= 15 is 0 Å². The number of ether oxygens (including phenoxy) is 1. The number of hydrogen-bond donors (Lipinski definition) is 0. The van der Waals surface area contributed by atoms with Crippen molar-refractivity contribution in [3.63, 3.8) is 0 Å². The van der Waals surface area contributed by atoms with Crippen molar-refractivity contribution in [2.45, 2.75) is 26.5 Å². The molecule has 0 bridgehead atoms. The zero-order valence-electron chi connectivity index (χ0n) is 10.5. The molecule has 2 nitrogen and oxygen atoms in total. The predicted octanol–water partition coefficient (Wildman–Crippen LogP) is 3.45. The lowest BCUT2D eigenvalue weighted by atomic mass is 10.2. The molecule has 0 fully saturated rings. The van der Waals surface area contributed by atoms with Gasteiger partial charge in [0.15, 0.2) is 0 Å². The van der Waals surface area contributed by atoms with Crippen molar-refractivity contribution < 1.29 is 9.13 Å². The summed E-state index contributed by atoms with van der Waals surface area (Å²) in [7, 11) is 1.96. The minimum absolute atomic E-state index is 0.170. The van der Waals surface area contributed by atoms with Crippen LogP contribution in [-0.4, -0.2) is 31.2 Å². The van der Waals surface area contributed by atoms with E-state index in [9.17, 15) is 4.39 Å². The van der Waals surface area contributed by atoms with E-state index in [0.717, 1.165) is 11.0 Å². The fourth-order valence-electron chi connectivity index (χ4n) is 1.46. The summed E-state index contributed by atoms with van der Waals surface area (Å²) in [6, 6.07) is 5.16. The quantitative estimate of drug-likeness (QED) is 0.798. The Morgan fingerprint density at radius 1 is 1.41 bits per heavy atom. The molecule has 0 aliphatic heterocycles. The van der Waals surface area contributed by atoms with Gasteiger partial charge in [0.1, 0.15) is 5.82 Å². The van der Waals surface area contributed by atoms with E-state index in [4.69, 9.17) is 4.74 Å². The summed E-state index contributed by atoms with van der Waals surface area (Å²) in [6.45, 7) is 6.09. The molecule has 0 saturated heterocycles. The lowest BCUT2D eigenvalue weighted by Crippen LogP contribution is -2.24. The molecule has 0 aliphatic carbocycles. The number of likely N-dealkylation sites (N-methyl/N-ethyl adjacent to an activating group) is 1. The summed E-state index contributed by atoms with van der Waals surface area (Å²) in [5.41, 5.74) is 0.709. The average Bonchev–Trinajstić information content (AvgIpc) is 2.21. The first kappa shape index (κ1) is 14.6. The van der Waals surface area contributed by atoms with Crippen LogP contribution in [0.25, 0.3) is 0 Å². The van der Waals surface area contributed by atoms with E-state index in [1.807, 2.05) is 27.0 Å². The van der Waals surface area contributed by atoms with Gasteiger partial charge in [0.2, 0.25) is 0 Å². The van der Waals surface area contributed by atoms with Crippen LogP contribution in [0.1, 0.15) is 19.4 Å². The predicted molar refractivity (Wildman–Crippen MR) is 71.5 cm³/mol. The van der Waals surface area contributed by atoms with E-state index in [1.54, 1.807) is 6.07 Å². The molecule has 0 N–H and O–H groups in total. The normalized spacial score (nSPS) is 11.5. The summed E-state index contributed by atoms with van der Waals surface area (Å²) in [5, 5.41) is 0. The molecule has 1 rings (SSSR count). The van der Waals surface area contributed by atoms with Gasteiger partial charge in [0.25, 0.3) is 0 Å². The Balaban J connectivity index is 2.42. The number of halogens is 2. The Bertz CT molecular complexity index is 357. The molecule has 17 heavy (non-hydrogen) atoms. The molecule has 0 heterocycles. The van der Waals surface area contributed by atoms with Gasteiger partial charge in [-0.3, -0.25) is 4.90 Å². The van der Waals surface area contributed by atoms with Gasteiger partial charge in [0.05, 0.1) is 12.7 Å². The molecular formula is C13H19BrFNO. The van der Waals surface area contributed by atoms with Crippen molar-refractivity contribution in [2.75, 3.05) is 20.2 Å². The van der Waals surface area contributed by atoms with Gasteiger partial charge in [-0.15, -0.1) is 0 Å². The second kappa shape index (κ2) is 7.09. The lowest BCUT2D eigenvalue weighted by molar-refractivity contribution is 0.0625. The average molecular weight is 304 g/mol. The van der Waals surface area contributed by atoms with E-state index < -0.39 is 0 Å². The van der Waals surface area contributed by atoms with Crippen molar-refractivity contribution in [1.29, 1.82) is 0 Å². The van der Waals surface area contributed by atoms with Crippen LogP contribution < -0.4 is 0 Å². The van der Waals surface area contributed by atoms with Crippen LogP contribution in [0.5, 0.6) is 0 Å². The van der Waals surface area contributed by atoms with Crippen LogP contribution in [0.2, 0.25) is 0 Å². The van der Waals surface area contributed by atoms with Crippen molar-refractivity contribution >= 4 is 15.9 Å². The first-order valence-corrected chi connectivity index (χ1v) is 6.52. The van der Waals surface area contributed by atoms with Crippen LogP contribution in [0.4, 0.5) is 4.39 Å². The van der Waals surface area contributed by atoms with Crippen molar-refractivity contribution in [3.05, 3.63) is 34.1 Å². The fourth-order valence-corrected chi connectivity index (χ4v) is 1.80. The molecule has 0 saturated carbocycles. The maximum Gasteiger partial charge on any atom is 0.128 e. The first-order chi connectivity index (χ1) is 7.99. The summed E-state index contributed by atoms with van der Waals surface area (Å²) in [5.74, 6) is -0.170. The number of hydrogen-bond acceptors (Lipinski definition) is 2. The third-order valence-corrected chi connectivity index (χ3v) is 2.87. The fraction of sp³-hybridized carbons (Fsp3) is 0.538. The maximum absolute atomic E-state index is 13.6. The SMILES string of the molecule is CC(C)OCCN(C)Cc1ccc(Br)cc1F. The molecule has 1 aromatic rings. The third-order valence-electron chi connectivity index (χ3n) is 2.38. The maximum atomic E-state index is 13.6. The van der Waals surface area contributed by atoms with Crippen molar-refractivity contribution in [1.82, 2.24) is 4.90 Å². The largest absolute Gasteiger partial charge is 0.377 e. The molecule has 0 aliphatic rings. The van der Waals surface area contributed by atoms with Crippen molar-refractivity contribution in [3.8, 4) is 0 Å². The van der Waals surface area contributed by atoms with Crippen LogP contribution in [0.15, 0.2) is 22.7 Å². The van der Waals surface area contributed by atoms with Gasteiger partial charge in [0, 0.05) is 23.1 Å². The number of nitrogens with zero attached hydrogens (tertiary/aromatic N) is 1. The van der Waals surface area contributed by atoms with E-state index in [0.29, 0.717) is 18.7 Å². The number of rotatable bonds is 6. The Kier molecular flexibility index (Phi) is 6.09. The van der Waals surface area contributed by atoms with Gasteiger partial charge in [-0.2, -0.15) is 0 Å². The monoisotopic (exact) mass is 303 g/mol. The van der Waals surface area contributed by atoms with Gasteiger partial charge >= 0.3 is 0 Å². The summed E-state index contributed by atoms with van der Waals surface area (Å²) in [6.07, 6.45) is 0.243. The second-order valence-electron chi connectivity index (χ2n) is 4.39. The number of benzene rings is 1. The molecule has 1 aromatic carbocycles. The van der Waals surface area contributed by atoms with Crippen molar-refractivity contribution in [2.24, 2.45) is 0 Å². The van der Waals surface area contributed by atoms with Gasteiger partial charge in [-0.25, -0.2) is 4.39 Å². The van der Waals surface area contributed by atoms with Gasteiger partial charge in [-0.05, 0) is 33.0 Å². The standard InChI is InChI=1S/C13H19BrFNO/c1-10(2)17-7-6-16(3)9-11-4-5-12(14)8-13(11)15/h4-5,8,10H,6-7,9H2,1-3H3. The first-order valence-electron chi connectivity index (χ1n) is 5.73. The highest BCUT2D eigenvalue weighted by Gasteiger charge is 2.06. The molecule has 4 heteroatoms. The zero-order valence-corrected chi connectivity index (χ0v) is 12.1. The molecule has 0 atom stereocenters. The Morgan fingerprint density at radius 3 is 2.71 bits per heavy atom. The zero-order chi connectivity index (χ0) is 12.8. The Labute approximate surface area is 111 Å². The smallest absolute Gasteiger partial charge is 0.128 e. The van der Waals surface area contributed by atoms with Crippen LogP contribution >= 0.6 is 15.9 Å². The minimum Gasteiger partial charge on any atom is -0.377 e. The van der Waals surface area contributed by atoms with E-state index in [2.05, 4.69) is 20.8 Å². The third kappa shape index (κ3) is 5.61. The molecule has 0 spiro atoms. The Morgan fingerprint density at radius 2 is 2.12 bits per heavy atom. The van der Waals surface area contributed by atoms with E-state index in [-0.39, 0.29) is 11.9 Å². The summed E-state index contributed by atoms with van der Waals surface area (Å²) >= 11 is 3.25. The summed E-state index contributed by atoms with van der Waals surface area (Å²) < 4.78 is 19.8. The molecular weight excluding hydrogens is 285 g/mol. The second-order valence-corrected chi connectivity index (χ2v) is 5.31. The van der Waals surface area contributed by atoms with Gasteiger partial charge in [-0.1, -0.05) is 22.0 Å².